The zero-order valence-electron chi connectivity index (χ0n) is 17.5. The van der Waals surface area contributed by atoms with Gasteiger partial charge in [-0.15, -0.1) is 0 Å². The van der Waals surface area contributed by atoms with Gasteiger partial charge in [0.05, 0.1) is 12.7 Å². The zero-order valence-corrected chi connectivity index (χ0v) is 17.5. The lowest BCUT2D eigenvalue weighted by Gasteiger charge is -2.18. The van der Waals surface area contributed by atoms with Crippen molar-refractivity contribution >= 4 is 22.7 Å². The lowest BCUT2D eigenvalue weighted by molar-refractivity contribution is 0.102. The normalized spacial score (nSPS) is 11.5. The van der Waals surface area contributed by atoms with Crippen molar-refractivity contribution in [2.24, 2.45) is 0 Å². The molecule has 4 aromatic rings. The van der Waals surface area contributed by atoms with Gasteiger partial charge < -0.3 is 14.5 Å². The van der Waals surface area contributed by atoms with Gasteiger partial charge in [0.25, 0.3) is 5.91 Å². The lowest BCUT2D eigenvalue weighted by atomic mass is 9.87. The van der Waals surface area contributed by atoms with E-state index in [9.17, 15) is 4.79 Å². The molecule has 0 aliphatic heterocycles. The molecule has 1 aromatic heterocycles. The van der Waals surface area contributed by atoms with E-state index in [1.54, 1.807) is 37.4 Å². The first-order valence-corrected chi connectivity index (χ1v) is 9.81. The number of para-hydroxylation sites is 1. The molecule has 0 bridgehead atoms. The van der Waals surface area contributed by atoms with E-state index in [1.807, 2.05) is 24.3 Å². The second-order valence-electron chi connectivity index (χ2n) is 8.18. The number of amides is 1. The summed E-state index contributed by atoms with van der Waals surface area (Å²) in [6.07, 6.45) is 0. The molecule has 1 N–H and O–H groups in total. The number of fused-ring (bicyclic) bond motifs is 1. The summed E-state index contributed by atoms with van der Waals surface area (Å²) in [6.45, 7) is 6.55. The van der Waals surface area contributed by atoms with E-state index in [0.29, 0.717) is 34.0 Å². The molecule has 1 heterocycles. The van der Waals surface area contributed by atoms with E-state index in [-0.39, 0.29) is 11.3 Å². The van der Waals surface area contributed by atoms with Gasteiger partial charge in [-0.2, -0.15) is 0 Å². The first-order chi connectivity index (χ1) is 14.3. The fourth-order valence-corrected chi connectivity index (χ4v) is 3.27. The Bertz CT molecular complexity index is 1200. The van der Waals surface area contributed by atoms with E-state index in [1.165, 1.54) is 5.56 Å². The lowest BCUT2D eigenvalue weighted by Crippen LogP contribution is -2.13. The summed E-state index contributed by atoms with van der Waals surface area (Å²) in [5.74, 6) is 0.838. The Labute approximate surface area is 175 Å². The standard InChI is InChI=1S/C25H24N2O3/c1-25(2,3)17-11-9-16(10-12-17)24-27-20-15-18(13-14-22(20)30-24)26-23(28)19-7-5-6-8-21(19)29-4/h5-15H,1-4H3,(H,26,28). The fourth-order valence-electron chi connectivity index (χ4n) is 3.27. The third-order valence-corrected chi connectivity index (χ3v) is 4.99. The van der Waals surface area contributed by atoms with Crippen molar-refractivity contribution in [2.75, 3.05) is 12.4 Å². The molecule has 5 heteroatoms. The number of ether oxygens (including phenoxy) is 1. The number of methoxy groups -OCH3 is 1. The zero-order chi connectivity index (χ0) is 21.3. The van der Waals surface area contributed by atoms with Crippen LogP contribution in [0.4, 0.5) is 5.69 Å². The minimum absolute atomic E-state index is 0.0916. The van der Waals surface area contributed by atoms with Crippen molar-refractivity contribution in [2.45, 2.75) is 26.2 Å². The third kappa shape index (κ3) is 3.92. The van der Waals surface area contributed by atoms with Gasteiger partial charge >= 0.3 is 0 Å². The van der Waals surface area contributed by atoms with E-state index < -0.39 is 0 Å². The van der Waals surface area contributed by atoms with Gasteiger partial charge in [0.15, 0.2) is 5.58 Å². The number of hydrogen-bond acceptors (Lipinski definition) is 4. The van der Waals surface area contributed by atoms with Gasteiger partial charge in [-0.05, 0) is 53.4 Å². The predicted octanol–water partition coefficient (Wildman–Crippen LogP) is 6.05. The molecule has 0 aliphatic rings. The maximum atomic E-state index is 12.6. The number of aromatic nitrogens is 1. The summed E-state index contributed by atoms with van der Waals surface area (Å²) in [6, 6.07) is 20.8. The number of hydrogen-bond donors (Lipinski definition) is 1. The number of anilines is 1. The maximum Gasteiger partial charge on any atom is 0.259 e. The molecule has 0 spiro atoms. The molecular weight excluding hydrogens is 376 g/mol. The van der Waals surface area contributed by atoms with Crippen molar-refractivity contribution in [3.05, 3.63) is 77.9 Å². The molecule has 0 unspecified atom stereocenters. The van der Waals surface area contributed by atoms with Crippen LogP contribution in [-0.4, -0.2) is 18.0 Å². The molecule has 0 aliphatic carbocycles. The third-order valence-electron chi connectivity index (χ3n) is 4.99. The summed E-state index contributed by atoms with van der Waals surface area (Å²) >= 11 is 0. The van der Waals surface area contributed by atoms with Crippen LogP contribution in [0.15, 0.2) is 71.1 Å². The van der Waals surface area contributed by atoms with Gasteiger partial charge in [-0.1, -0.05) is 45.0 Å². The van der Waals surface area contributed by atoms with Crippen molar-refractivity contribution in [3.63, 3.8) is 0 Å². The van der Waals surface area contributed by atoms with E-state index >= 15 is 0 Å². The number of nitrogens with one attached hydrogen (secondary N) is 1. The molecule has 3 aromatic carbocycles. The number of benzene rings is 3. The van der Waals surface area contributed by atoms with E-state index in [2.05, 4.69) is 43.2 Å². The Morgan fingerprint density at radius 1 is 1.00 bits per heavy atom. The molecule has 0 fully saturated rings. The minimum Gasteiger partial charge on any atom is -0.496 e. The average molecular weight is 400 g/mol. The van der Waals surface area contributed by atoms with Crippen molar-refractivity contribution < 1.29 is 13.9 Å². The molecule has 4 rings (SSSR count). The van der Waals surface area contributed by atoms with Crippen LogP contribution in [0, 0.1) is 0 Å². The van der Waals surface area contributed by atoms with Crippen LogP contribution in [0.3, 0.4) is 0 Å². The smallest absolute Gasteiger partial charge is 0.259 e. The summed E-state index contributed by atoms with van der Waals surface area (Å²) in [5, 5.41) is 2.90. The summed E-state index contributed by atoms with van der Waals surface area (Å²) in [7, 11) is 1.54. The fraction of sp³-hybridized carbons (Fsp3) is 0.200. The highest BCUT2D eigenvalue weighted by atomic mass is 16.5. The average Bonchev–Trinajstić information content (AvgIpc) is 3.16. The number of oxazole rings is 1. The number of nitrogens with zero attached hydrogens (tertiary/aromatic N) is 1. The molecule has 152 valence electrons. The van der Waals surface area contributed by atoms with Crippen molar-refractivity contribution in [3.8, 4) is 17.2 Å². The van der Waals surface area contributed by atoms with Crippen molar-refractivity contribution in [1.82, 2.24) is 4.98 Å². The molecule has 0 radical (unpaired) electrons. The molecule has 0 atom stereocenters. The number of rotatable bonds is 4. The quantitative estimate of drug-likeness (QED) is 0.453. The summed E-state index contributed by atoms with van der Waals surface area (Å²) in [5.41, 5.74) is 4.72. The molecule has 0 saturated carbocycles. The molecule has 1 amide bonds. The molecular formula is C25H24N2O3. The molecule has 5 nitrogen and oxygen atoms in total. The number of carbonyl (C=O) groups is 1. The van der Waals surface area contributed by atoms with Crippen LogP contribution >= 0.6 is 0 Å². The molecule has 30 heavy (non-hydrogen) atoms. The SMILES string of the molecule is COc1ccccc1C(=O)Nc1ccc2oc(-c3ccc(C(C)(C)C)cc3)nc2c1. The van der Waals surface area contributed by atoms with Crippen LogP contribution in [0.2, 0.25) is 0 Å². The van der Waals surface area contributed by atoms with E-state index in [4.69, 9.17) is 9.15 Å². The second kappa shape index (κ2) is 7.67. The Morgan fingerprint density at radius 2 is 1.73 bits per heavy atom. The van der Waals surface area contributed by atoms with Crippen LogP contribution in [0.1, 0.15) is 36.7 Å². The monoisotopic (exact) mass is 400 g/mol. The Morgan fingerprint density at radius 3 is 2.43 bits per heavy atom. The Balaban J connectivity index is 1.59. The van der Waals surface area contributed by atoms with Gasteiger partial charge in [0.1, 0.15) is 11.3 Å². The topological polar surface area (TPSA) is 64.4 Å². The van der Waals surface area contributed by atoms with Gasteiger partial charge in [0, 0.05) is 11.3 Å². The maximum absolute atomic E-state index is 12.6. The highest BCUT2D eigenvalue weighted by molar-refractivity contribution is 6.06. The van der Waals surface area contributed by atoms with Crippen LogP contribution in [0.5, 0.6) is 5.75 Å². The summed E-state index contributed by atoms with van der Waals surface area (Å²) < 4.78 is 11.2. The van der Waals surface area contributed by atoms with E-state index in [0.717, 1.165) is 5.56 Å². The predicted molar refractivity (Wildman–Crippen MR) is 119 cm³/mol. The highest BCUT2D eigenvalue weighted by Gasteiger charge is 2.16. The summed E-state index contributed by atoms with van der Waals surface area (Å²) in [4.78, 5) is 17.2. The Kier molecular flexibility index (Phi) is 5.04. The first kappa shape index (κ1) is 19.7. The van der Waals surface area contributed by atoms with Gasteiger partial charge in [0.2, 0.25) is 5.89 Å². The van der Waals surface area contributed by atoms with Crippen LogP contribution < -0.4 is 10.1 Å². The first-order valence-electron chi connectivity index (χ1n) is 9.81. The largest absolute Gasteiger partial charge is 0.496 e. The number of carbonyl (C=O) groups excluding carboxylic acids is 1. The second-order valence-corrected chi connectivity index (χ2v) is 8.18. The van der Waals surface area contributed by atoms with Crippen LogP contribution in [-0.2, 0) is 5.41 Å². The van der Waals surface area contributed by atoms with Crippen molar-refractivity contribution in [1.29, 1.82) is 0 Å². The van der Waals surface area contributed by atoms with Gasteiger partial charge in [-0.3, -0.25) is 4.79 Å². The van der Waals surface area contributed by atoms with Gasteiger partial charge in [-0.25, -0.2) is 4.98 Å². The highest BCUT2D eigenvalue weighted by Crippen LogP contribution is 2.29. The molecule has 0 saturated heterocycles. The van der Waals surface area contributed by atoms with Crippen LogP contribution in [0.25, 0.3) is 22.6 Å². The Hall–Kier alpha value is -3.60. The minimum atomic E-state index is -0.242.